The van der Waals surface area contributed by atoms with E-state index in [1.54, 1.807) is 17.3 Å². The zero-order chi connectivity index (χ0) is 22.4. The van der Waals surface area contributed by atoms with Crippen molar-refractivity contribution in [2.45, 2.75) is 58.9 Å². The van der Waals surface area contributed by atoms with Gasteiger partial charge in [-0.2, -0.15) is 0 Å². The van der Waals surface area contributed by atoms with E-state index in [1.807, 2.05) is 19.1 Å². The molecule has 0 aromatic carbocycles. The predicted molar refractivity (Wildman–Crippen MR) is 128 cm³/mol. The number of carbonyl (C=O) groups excluding carboxylic acids is 2. The van der Waals surface area contributed by atoms with Crippen molar-refractivity contribution in [1.29, 1.82) is 0 Å². The van der Waals surface area contributed by atoms with Crippen LogP contribution in [0.4, 0.5) is 21.9 Å². The Hall–Kier alpha value is -3.00. The Kier molecular flexibility index (Phi) is 5.33. The summed E-state index contributed by atoms with van der Waals surface area (Å²) in [7, 11) is 0. The second-order valence-electron chi connectivity index (χ2n) is 9.10. The minimum absolute atomic E-state index is 0.134. The van der Waals surface area contributed by atoms with Crippen molar-refractivity contribution in [3.63, 3.8) is 0 Å². The third-order valence-corrected chi connectivity index (χ3v) is 7.24. The summed E-state index contributed by atoms with van der Waals surface area (Å²) in [6, 6.07) is 3.79. The van der Waals surface area contributed by atoms with Crippen LogP contribution in [0.3, 0.4) is 0 Å². The Morgan fingerprint density at radius 1 is 1.28 bits per heavy atom. The van der Waals surface area contributed by atoms with Crippen LogP contribution in [0.1, 0.15) is 60.5 Å². The highest BCUT2D eigenvalue weighted by Crippen LogP contribution is 2.46. The van der Waals surface area contributed by atoms with Crippen molar-refractivity contribution in [1.82, 2.24) is 15.3 Å². The van der Waals surface area contributed by atoms with Gasteiger partial charge in [-0.05, 0) is 49.8 Å². The molecule has 2 aliphatic rings. The number of pyridine rings is 2. The zero-order valence-electron chi connectivity index (χ0n) is 18.6. The van der Waals surface area contributed by atoms with Crippen molar-refractivity contribution >= 4 is 50.6 Å². The van der Waals surface area contributed by atoms with Gasteiger partial charge in [-0.1, -0.05) is 26.7 Å². The van der Waals surface area contributed by atoms with Gasteiger partial charge in [-0.15, -0.1) is 11.3 Å². The molecular weight excluding hydrogens is 422 g/mol. The number of amides is 3. The molecule has 3 aromatic rings. The number of hydrogen-bond acceptors (Lipinski definition) is 5. The first-order chi connectivity index (χ1) is 15.4. The lowest BCUT2D eigenvalue weighted by Crippen LogP contribution is -2.36. The molecule has 8 heteroatoms. The van der Waals surface area contributed by atoms with E-state index in [0.717, 1.165) is 65.0 Å². The first-order valence-electron chi connectivity index (χ1n) is 11.2. The lowest BCUT2D eigenvalue weighted by atomic mass is 10.0. The van der Waals surface area contributed by atoms with Gasteiger partial charge in [0.1, 0.15) is 9.71 Å². The van der Waals surface area contributed by atoms with Gasteiger partial charge in [0.2, 0.25) is 0 Å². The summed E-state index contributed by atoms with van der Waals surface area (Å²) in [6.07, 6.45) is 8.66. The Morgan fingerprint density at radius 3 is 2.78 bits per heavy atom. The van der Waals surface area contributed by atoms with Crippen LogP contribution in [0.2, 0.25) is 0 Å². The number of rotatable bonds is 5. The van der Waals surface area contributed by atoms with Crippen LogP contribution in [0, 0.1) is 12.8 Å². The molecule has 0 saturated heterocycles. The fourth-order valence-electron chi connectivity index (χ4n) is 4.68. The molecule has 0 unspecified atom stereocenters. The van der Waals surface area contributed by atoms with Crippen LogP contribution in [-0.2, 0) is 6.42 Å². The number of anilines is 3. The first kappa shape index (κ1) is 20.9. The van der Waals surface area contributed by atoms with Crippen LogP contribution in [-0.4, -0.2) is 27.9 Å². The SMILES string of the molecule is Cc1cc(CC(C)C)ncc1N1C(=O)Nc2c(C(=O)NC3CCCC3)sc3nccc1c23. The van der Waals surface area contributed by atoms with Gasteiger partial charge in [0.25, 0.3) is 5.91 Å². The lowest BCUT2D eigenvalue weighted by molar-refractivity contribution is 0.0943. The Balaban J connectivity index is 1.55. The smallest absolute Gasteiger partial charge is 0.331 e. The van der Waals surface area contributed by atoms with Crippen LogP contribution < -0.4 is 15.5 Å². The molecule has 3 amide bonds. The van der Waals surface area contributed by atoms with E-state index in [-0.39, 0.29) is 18.0 Å². The maximum absolute atomic E-state index is 13.3. The normalized spacial score (nSPS) is 16.1. The Labute approximate surface area is 191 Å². The number of thiophene rings is 1. The predicted octanol–water partition coefficient (Wildman–Crippen LogP) is 5.55. The molecule has 1 aliphatic heterocycles. The molecule has 166 valence electrons. The highest BCUT2D eigenvalue weighted by Gasteiger charge is 2.34. The second-order valence-corrected chi connectivity index (χ2v) is 10.1. The first-order valence-corrected chi connectivity index (χ1v) is 12.0. The monoisotopic (exact) mass is 449 g/mol. The van der Waals surface area contributed by atoms with Crippen molar-refractivity contribution < 1.29 is 9.59 Å². The summed E-state index contributed by atoms with van der Waals surface area (Å²) in [6.45, 7) is 6.32. The fourth-order valence-corrected chi connectivity index (χ4v) is 5.70. The summed E-state index contributed by atoms with van der Waals surface area (Å²) in [4.78, 5) is 38.3. The maximum atomic E-state index is 13.3. The summed E-state index contributed by atoms with van der Waals surface area (Å²) >= 11 is 1.33. The van der Waals surface area contributed by atoms with Crippen LogP contribution in [0.5, 0.6) is 0 Å². The second kappa shape index (κ2) is 8.16. The van der Waals surface area contributed by atoms with Crippen LogP contribution in [0.25, 0.3) is 10.2 Å². The van der Waals surface area contributed by atoms with Gasteiger partial charge in [0.15, 0.2) is 0 Å². The molecule has 4 heterocycles. The maximum Gasteiger partial charge on any atom is 0.331 e. The average molecular weight is 450 g/mol. The molecule has 0 spiro atoms. The number of nitrogens with one attached hydrogen (secondary N) is 2. The van der Waals surface area contributed by atoms with Crippen molar-refractivity contribution in [2.24, 2.45) is 5.92 Å². The van der Waals surface area contributed by atoms with Crippen molar-refractivity contribution in [3.8, 4) is 0 Å². The quantitative estimate of drug-likeness (QED) is 0.534. The van der Waals surface area contributed by atoms with E-state index in [0.29, 0.717) is 16.5 Å². The van der Waals surface area contributed by atoms with Gasteiger partial charge >= 0.3 is 6.03 Å². The molecular formula is C24H27N5O2S. The van der Waals surface area contributed by atoms with E-state index < -0.39 is 0 Å². The van der Waals surface area contributed by atoms with E-state index in [4.69, 9.17) is 0 Å². The average Bonchev–Trinajstić information content (AvgIpc) is 3.37. The number of urea groups is 1. The van der Waals surface area contributed by atoms with Gasteiger partial charge in [0.05, 0.1) is 28.6 Å². The minimum Gasteiger partial charge on any atom is -0.349 e. The zero-order valence-corrected chi connectivity index (χ0v) is 19.4. The number of hydrogen-bond donors (Lipinski definition) is 2. The summed E-state index contributed by atoms with van der Waals surface area (Å²) in [5, 5.41) is 6.91. The Morgan fingerprint density at radius 2 is 2.06 bits per heavy atom. The molecule has 2 N–H and O–H groups in total. The molecule has 7 nitrogen and oxygen atoms in total. The highest BCUT2D eigenvalue weighted by molar-refractivity contribution is 7.21. The standard InChI is InChI=1S/C24H27N5O2S/c1-13(2)10-16-11-14(3)18(12-26-16)29-17-8-9-25-23-19(17)20(28-24(29)31)21(32-23)22(30)27-15-6-4-5-7-15/h8-9,11-13,15H,4-7,10H2,1-3H3,(H,27,30)(H,28,31). The summed E-state index contributed by atoms with van der Waals surface area (Å²) in [5.74, 6) is 0.374. The number of aryl methyl sites for hydroxylation is 1. The molecule has 1 saturated carbocycles. The highest BCUT2D eigenvalue weighted by atomic mass is 32.1. The van der Waals surface area contributed by atoms with Crippen LogP contribution in [0.15, 0.2) is 24.5 Å². The molecule has 3 aromatic heterocycles. The van der Waals surface area contributed by atoms with Gasteiger partial charge in [-0.25, -0.2) is 9.78 Å². The number of carbonyl (C=O) groups is 2. The molecule has 0 atom stereocenters. The molecule has 5 rings (SSSR count). The third kappa shape index (κ3) is 3.62. The summed E-state index contributed by atoms with van der Waals surface area (Å²) in [5.41, 5.74) is 4.02. The molecule has 0 radical (unpaired) electrons. The number of aromatic nitrogens is 2. The molecule has 0 bridgehead atoms. The van der Waals surface area contributed by atoms with E-state index in [1.165, 1.54) is 11.3 Å². The van der Waals surface area contributed by atoms with Crippen molar-refractivity contribution in [3.05, 3.63) is 40.7 Å². The number of nitrogens with zero attached hydrogens (tertiary/aromatic N) is 3. The lowest BCUT2D eigenvalue weighted by Gasteiger charge is -2.29. The molecule has 1 fully saturated rings. The van der Waals surface area contributed by atoms with Gasteiger partial charge < -0.3 is 10.6 Å². The minimum atomic E-state index is -0.292. The van der Waals surface area contributed by atoms with Crippen molar-refractivity contribution in [2.75, 3.05) is 10.2 Å². The van der Waals surface area contributed by atoms with E-state index in [2.05, 4.69) is 34.4 Å². The van der Waals surface area contributed by atoms with E-state index in [9.17, 15) is 9.59 Å². The molecule has 1 aliphatic carbocycles. The molecule has 32 heavy (non-hydrogen) atoms. The van der Waals surface area contributed by atoms with E-state index >= 15 is 0 Å². The Bertz CT molecular complexity index is 1210. The largest absolute Gasteiger partial charge is 0.349 e. The van der Waals surface area contributed by atoms with Crippen LogP contribution >= 0.6 is 11.3 Å². The van der Waals surface area contributed by atoms with Gasteiger partial charge in [0, 0.05) is 17.9 Å². The third-order valence-electron chi connectivity index (χ3n) is 6.14. The fraction of sp³-hybridized carbons (Fsp3) is 0.417. The topological polar surface area (TPSA) is 87.2 Å². The summed E-state index contributed by atoms with van der Waals surface area (Å²) < 4.78 is 0. The van der Waals surface area contributed by atoms with Gasteiger partial charge in [-0.3, -0.25) is 14.7 Å².